The lowest BCUT2D eigenvalue weighted by Gasteiger charge is -1.62. The van der Waals surface area contributed by atoms with Gasteiger partial charge in [-0.05, 0) is 0 Å². The van der Waals surface area contributed by atoms with Crippen molar-refractivity contribution in [3.05, 3.63) is 0 Å². The molecule has 0 aromatic rings. The second kappa shape index (κ2) is 38.6. The third-order valence-corrected chi connectivity index (χ3v) is 0.200. The van der Waals surface area contributed by atoms with Crippen LogP contribution in [0, 0.1) is 22.1 Å². The molecule has 0 aromatic carbocycles. The summed E-state index contributed by atoms with van der Waals surface area (Å²) in [5.74, 6) is 0. The van der Waals surface area contributed by atoms with E-state index < -0.39 is 0 Å². The number of nitrogens with zero attached hydrogens (tertiary/aromatic N) is 4. The van der Waals surface area contributed by atoms with E-state index in [9.17, 15) is 0 Å². The number of hydrogen-bond donors (Lipinski definition) is 6. The normalized spacial score (nSPS) is 7.00. The third-order valence-electron chi connectivity index (χ3n) is 0.200. The summed E-state index contributed by atoms with van der Waals surface area (Å²) in [6.07, 6.45) is 1.89. The predicted molar refractivity (Wildman–Crippen MR) is 35.7 cm³/mol. The molecule has 0 heterocycles. The molecule has 0 fully saturated rings. The fourth-order valence-corrected chi connectivity index (χ4v) is 0.0596. The van der Waals surface area contributed by atoms with Crippen LogP contribution in [0.5, 0.6) is 0 Å². The van der Waals surface area contributed by atoms with Crippen LogP contribution in [0.3, 0.4) is 0 Å². The average molecular weight is 176 g/mol. The molecule has 0 spiro atoms. The maximum Gasteiger partial charge on any atom is 0.211 e. The summed E-state index contributed by atoms with van der Waals surface area (Å²) in [4.78, 5) is 4.00. The Balaban J connectivity index is -0.000000115. The van der Waals surface area contributed by atoms with Gasteiger partial charge in [-0.1, -0.05) is 10.3 Å². The molecule has 66 valence electrons. The largest absolute Gasteiger partial charge is 0.411 e. The first-order valence-corrected chi connectivity index (χ1v) is 2.14. The lowest BCUT2D eigenvalue weighted by molar-refractivity contribution is 0.317. The lowest BCUT2D eigenvalue weighted by atomic mass is 10.8. The van der Waals surface area contributed by atoms with Gasteiger partial charge in [-0.15, -0.1) is 0 Å². The molecule has 0 amide bonds. The van der Waals surface area contributed by atoms with E-state index in [1.54, 1.807) is 0 Å². The van der Waals surface area contributed by atoms with Crippen LogP contribution in [0.1, 0.15) is 0 Å². The number of rotatable bonds is 1. The highest BCUT2D eigenvalue weighted by atomic mass is 16.4. The molecule has 0 aliphatic carbocycles. The average Bonchev–Trinajstić information content (AvgIpc) is 2.04. The summed E-state index contributed by atoms with van der Waals surface area (Å²) in [5.41, 5.74) is 22.0. The molecule has 0 bridgehead atoms. The van der Waals surface area contributed by atoms with Crippen molar-refractivity contribution in [2.24, 2.45) is 10.3 Å². The molecule has 10 heteroatoms. The highest BCUT2D eigenvalue weighted by Crippen LogP contribution is 1.45. The molecule has 0 atom stereocenters. The van der Waals surface area contributed by atoms with E-state index in [-0.39, 0.29) is 0 Å². The van der Waals surface area contributed by atoms with Crippen LogP contribution in [-0.2, 0) is 0 Å². The third kappa shape index (κ3) is 1040. The van der Waals surface area contributed by atoms with E-state index in [1.807, 2.05) is 9.82 Å². The van der Waals surface area contributed by atoms with Crippen LogP contribution in [0.25, 0.3) is 0 Å². The smallest absolute Gasteiger partial charge is 0.211 e. The maximum atomic E-state index is 7.56. The van der Waals surface area contributed by atoms with E-state index in [2.05, 4.69) is 10.3 Å². The fourth-order valence-electron chi connectivity index (χ4n) is 0.0596. The zero-order valence-electron chi connectivity index (χ0n) is 5.84. The molecular weight excluding hydrogens is 168 g/mol. The summed E-state index contributed by atoms with van der Waals surface area (Å²) in [6.45, 7) is 0. The summed E-state index contributed by atoms with van der Waals surface area (Å²) in [6, 6.07) is 0. The Morgan fingerprint density at radius 1 is 0.833 bits per heavy atom. The molecule has 0 saturated heterocycles. The van der Waals surface area contributed by atoms with Gasteiger partial charge in [0, 0.05) is 0 Å². The maximum absolute atomic E-state index is 7.56. The first kappa shape index (κ1) is 16.3. The van der Waals surface area contributed by atoms with Gasteiger partial charge in [-0.2, -0.15) is 0 Å². The summed E-state index contributed by atoms with van der Waals surface area (Å²) in [7, 11) is 0. The lowest BCUT2D eigenvalue weighted by Crippen LogP contribution is -1.70. The summed E-state index contributed by atoms with van der Waals surface area (Å²) < 4.78 is 0. The van der Waals surface area contributed by atoms with E-state index in [0.29, 0.717) is 0 Å². The van der Waals surface area contributed by atoms with Crippen LogP contribution in [0.2, 0.25) is 0 Å². The fraction of sp³-hybridized carbons (Fsp3) is 0. The standard InChI is InChI=1S/C2H4N2O2.2H2N3/c5-3-1-2-4-6;2*1-3-2/h1-2,5-6H;2*1-2H/q;2*+1. The molecule has 10 nitrogen and oxygen atoms in total. The van der Waals surface area contributed by atoms with Gasteiger partial charge < -0.3 is 10.4 Å². The van der Waals surface area contributed by atoms with Crippen molar-refractivity contribution in [2.45, 2.75) is 0 Å². The van der Waals surface area contributed by atoms with E-state index in [0.717, 1.165) is 12.4 Å². The van der Waals surface area contributed by atoms with Crippen LogP contribution in [0.4, 0.5) is 0 Å². The van der Waals surface area contributed by atoms with Gasteiger partial charge in [0.05, 0.1) is 12.4 Å². The van der Waals surface area contributed by atoms with Crippen molar-refractivity contribution >= 4 is 12.4 Å². The first-order chi connectivity index (χ1) is 5.74. The summed E-state index contributed by atoms with van der Waals surface area (Å²) >= 11 is 0. The van der Waals surface area contributed by atoms with Crippen molar-refractivity contribution in [1.29, 1.82) is 22.1 Å². The topological polar surface area (TPSA) is 189 Å². The minimum absolute atomic E-state index is 0.944. The predicted octanol–water partition coefficient (Wildman–Crippen LogP) is 0.137. The van der Waals surface area contributed by atoms with Gasteiger partial charge in [0.25, 0.3) is 0 Å². The Labute approximate surface area is 66.3 Å². The van der Waals surface area contributed by atoms with Gasteiger partial charge in [-0.25, -0.2) is 0 Å². The Kier molecular flexibility index (Phi) is 52.4. The van der Waals surface area contributed by atoms with Gasteiger partial charge in [0.15, 0.2) is 0 Å². The van der Waals surface area contributed by atoms with Gasteiger partial charge >= 0.3 is 0 Å². The molecule has 0 saturated carbocycles. The van der Waals surface area contributed by atoms with Crippen LogP contribution in [0.15, 0.2) is 10.3 Å². The Morgan fingerprint density at radius 2 is 1.00 bits per heavy atom. The van der Waals surface area contributed by atoms with Gasteiger partial charge in [0.2, 0.25) is 9.82 Å². The van der Waals surface area contributed by atoms with Gasteiger partial charge in [0.1, 0.15) is 22.1 Å². The zero-order valence-corrected chi connectivity index (χ0v) is 5.84. The quantitative estimate of drug-likeness (QED) is 0.109. The number of nitrogens with one attached hydrogen (secondary N) is 4. The van der Waals surface area contributed by atoms with Crippen LogP contribution in [-0.4, -0.2) is 22.8 Å². The second-order valence-electron chi connectivity index (χ2n) is 0.753. The SMILES string of the molecule is N=[N+]=N.N=[N+]=N.ON=CC=NO. The van der Waals surface area contributed by atoms with E-state index in [1.165, 1.54) is 0 Å². The van der Waals surface area contributed by atoms with E-state index in [4.69, 9.17) is 32.5 Å². The first-order valence-electron chi connectivity index (χ1n) is 2.14. The minimum Gasteiger partial charge on any atom is -0.411 e. The van der Waals surface area contributed by atoms with Gasteiger partial charge in [-0.3, -0.25) is 0 Å². The van der Waals surface area contributed by atoms with Crippen molar-refractivity contribution < 1.29 is 10.4 Å². The Morgan fingerprint density at radius 3 is 1.08 bits per heavy atom. The molecule has 0 aliphatic rings. The monoisotopic (exact) mass is 176 g/mol. The zero-order chi connectivity index (χ0) is 10.2. The molecule has 6 N–H and O–H groups in total. The molecular formula is C2H8N8O2+2. The Hall–Kier alpha value is -2.44. The minimum atomic E-state index is 0.944. The van der Waals surface area contributed by atoms with Crippen molar-refractivity contribution in [2.75, 3.05) is 0 Å². The molecule has 12 heavy (non-hydrogen) atoms. The molecule has 0 unspecified atom stereocenters. The van der Waals surface area contributed by atoms with Crippen LogP contribution >= 0.6 is 0 Å². The van der Waals surface area contributed by atoms with Crippen molar-refractivity contribution in [3.8, 4) is 0 Å². The highest BCUT2D eigenvalue weighted by molar-refractivity contribution is 6.15. The molecule has 0 rings (SSSR count). The number of hydrogen-bond acceptors (Lipinski definition) is 8. The number of oxime groups is 2. The molecule has 0 aliphatic heterocycles. The highest BCUT2D eigenvalue weighted by Gasteiger charge is 1.54. The van der Waals surface area contributed by atoms with Crippen molar-refractivity contribution in [1.82, 2.24) is 9.82 Å². The molecule has 0 aromatic heterocycles. The second-order valence-corrected chi connectivity index (χ2v) is 0.753. The Bertz CT molecular complexity index is 161. The molecule has 0 radical (unpaired) electrons. The van der Waals surface area contributed by atoms with Crippen LogP contribution < -0.4 is 9.82 Å². The van der Waals surface area contributed by atoms with Crippen molar-refractivity contribution in [3.63, 3.8) is 0 Å². The van der Waals surface area contributed by atoms with E-state index >= 15 is 0 Å². The summed E-state index contributed by atoms with van der Waals surface area (Å²) in [5, 5.41) is 20.1.